The molecule has 1 aromatic carbocycles. The molecular weight excluding hydrogens is 324 g/mol. The van der Waals surface area contributed by atoms with Crippen molar-refractivity contribution in [3.63, 3.8) is 0 Å². The zero-order valence-electron chi connectivity index (χ0n) is 14.1. The molecule has 1 aliphatic rings. The first kappa shape index (κ1) is 17.1. The Hall–Kier alpha value is -1.70. The van der Waals surface area contributed by atoms with Crippen LogP contribution in [0.1, 0.15) is 24.6 Å². The van der Waals surface area contributed by atoms with Crippen LogP contribution in [0.15, 0.2) is 36.5 Å². The second-order valence-electron chi connectivity index (χ2n) is 6.21. The van der Waals surface area contributed by atoms with E-state index >= 15 is 0 Å². The number of hydrogen-bond donors (Lipinski definition) is 1. The summed E-state index contributed by atoms with van der Waals surface area (Å²) in [5.41, 5.74) is 3.15. The van der Waals surface area contributed by atoms with Crippen molar-refractivity contribution in [2.75, 3.05) is 19.6 Å². The van der Waals surface area contributed by atoms with Gasteiger partial charge >= 0.3 is 0 Å². The van der Waals surface area contributed by atoms with E-state index in [1.807, 2.05) is 55.1 Å². The van der Waals surface area contributed by atoms with Crippen molar-refractivity contribution in [2.45, 2.75) is 32.1 Å². The molecule has 0 radical (unpaired) electrons. The molecular formula is C17H24N4O2S. The minimum Gasteiger partial charge on any atom is -0.298 e. The number of para-hydroxylation sites is 1. The molecule has 2 aromatic rings. The number of likely N-dealkylation sites (tertiary alicyclic amines) is 1. The predicted molar refractivity (Wildman–Crippen MR) is 94.6 cm³/mol. The van der Waals surface area contributed by atoms with Gasteiger partial charge in [0.05, 0.1) is 16.6 Å². The first-order valence-electron chi connectivity index (χ1n) is 8.31. The van der Waals surface area contributed by atoms with E-state index in [9.17, 15) is 8.42 Å². The normalized spacial score (nSPS) is 19.0. The van der Waals surface area contributed by atoms with E-state index in [0.29, 0.717) is 19.5 Å². The van der Waals surface area contributed by atoms with Crippen molar-refractivity contribution in [1.29, 1.82) is 0 Å². The van der Waals surface area contributed by atoms with E-state index in [-0.39, 0.29) is 5.25 Å². The van der Waals surface area contributed by atoms with E-state index in [1.165, 1.54) is 0 Å². The summed E-state index contributed by atoms with van der Waals surface area (Å²) < 4.78 is 28.8. The molecule has 1 aromatic heterocycles. The highest BCUT2D eigenvalue weighted by atomic mass is 32.2. The molecule has 2 heterocycles. The van der Waals surface area contributed by atoms with Crippen LogP contribution in [0, 0.1) is 6.92 Å². The molecule has 0 unspecified atom stereocenters. The van der Waals surface area contributed by atoms with Gasteiger partial charge in [0, 0.05) is 31.4 Å². The van der Waals surface area contributed by atoms with Crippen LogP contribution in [0.5, 0.6) is 0 Å². The number of aromatic nitrogens is 2. The highest BCUT2D eigenvalue weighted by Crippen LogP contribution is 2.20. The average Bonchev–Trinajstić information content (AvgIpc) is 3.17. The number of sulfonamides is 1. The molecule has 130 valence electrons. The summed E-state index contributed by atoms with van der Waals surface area (Å²) in [5.74, 6) is 0. The molecule has 0 saturated carbocycles. The van der Waals surface area contributed by atoms with Crippen LogP contribution >= 0.6 is 0 Å². The average molecular weight is 348 g/mol. The summed E-state index contributed by atoms with van der Waals surface area (Å²) in [5, 5.41) is 4.26. The van der Waals surface area contributed by atoms with E-state index < -0.39 is 10.0 Å². The Balaban J connectivity index is 1.69. The van der Waals surface area contributed by atoms with Gasteiger partial charge in [-0.05, 0) is 32.0 Å². The number of aryl methyl sites for hydroxylation is 1. The first-order chi connectivity index (χ1) is 11.5. The first-order valence-corrected chi connectivity index (χ1v) is 9.85. The van der Waals surface area contributed by atoms with Gasteiger partial charge in [0.25, 0.3) is 0 Å². The van der Waals surface area contributed by atoms with Crippen molar-refractivity contribution in [2.24, 2.45) is 0 Å². The van der Waals surface area contributed by atoms with Crippen LogP contribution in [0.4, 0.5) is 0 Å². The summed E-state index contributed by atoms with van der Waals surface area (Å²) in [6.45, 7) is 6.36. The van der Waals surface area contributed by atoms with Crippen molar-refractivity contribution in [3.05, 3.63) is 47.8 Å². The largest absolute Gasteiger partial charge is 0.298 e. The van der Waals surface area contributed by atoms with E-state index in [1.54, 1.807) is 0 Å². The fourth-order valence-electron chi connectivity index (χ4n) is 3.12. The molecule has 3 rings (SSSR count). The maximum Gasteiger partial charge on any atom is 0.215 e. The van der Waals surface area contributed by atoms with Gasteiger partial charge in [0.1, 0.15) is 0 Å². The van der Waals surface area contributed by atoms with E-state index in [4.69, 9.17) is 0 Å². The van der Waals surface area contributed by atoms with Gasteiger partial charge in [-0.1, -0.05) is 25.1 Å². The minimum absolute atomic E-state index is 0.318. The number of nitrogens with one attached hydrogen (secondary N) is 1. The minimum atomic E-state index is -3.20. The second kappa shape index (κ2) is 7.04. The Kier molecular flexibility index (Phi) is 5.03. The van der Waals surface area contributed by atoms with Gasteiger partial charge in [-0.25, -0.2) is 17.8 Å². The zero-order valence-corrected chi connectivity index (χ0v) is 15.0. The molecule has 1 saturated heterocycles. The third-order valence-electron chi connectivity index (χ3n) is 4.43. The predicted octanol–water partition coefficient (Wildman–Crippen LogP) is 1.69. The van der Waals surface area contributed by atoms with Crippen molar-refractivity contribution < 1.29 is 8.42 Å². The van der Waals surface area contributed by atoms with Crippen LogP contribution in [-0.2, 0) is 16.6 Å². The molecule has 0 aliphatic carbocycles. The lowest BCUT2D eigenvalue weighted by atomic mass is 10.2. The quantitative estimate of drug-likeness (QED) is 0.863. The molecule has 0 bridgehead atoms. The molecule has 7 heteroatoms. The summed E-state index contributed by atoms with van der Waals surface area (Å²) in [6.07, 6.45) is 2.72. The standard InChI is InChI=1S/C17H24N4O2S/c1-3-18-24(22,23)17-9-10-20(13-17)11-15-12-21(19-14(15)2)16-7-5-4-6-8-16/h4-8,12,17-18H,3,9-11,13H2,1-2H3/t17-/m0/s1. The van der Waals surface area contributed by atoms with Crippen molar-refractivity contribution >= 4 is 10.0 Å². The molecule has 0 amide bonds. The maximum atomic E-state index is 12.1. The van der Waals surface area contributed by atoms with Gasteiger partial charge < -0.3 is 0 Å². The van der Waals surface area contributed by atoms with E-state index in [0.717, 1.165) is 30.0 Å². The smallest absolute Gasteiger partial charge is 0.215 e. The molecule has 1 fully saturated rings. The molecule has 24 heavy (non-hydrogen) atoms. The van der Waals surface area contributed by atoms with Gasteiger partial charge in [-0.3, -0.25) is 4.90 Å². The molecule has 0 spiro atoms. The molecule has 1 N–H and O–H groups in total. The van der Waals surface area contributed by atoms with Crippen LogP contribution in [0.25, 0.3) is 5.69 Å². The van der Waals surface area contributed by atoms with Gasteiger partial charge in [0.15, 0.2) is 0 Å². The fourth-order valence-corrected chi connectivity index (χ4v) is 4.58. The van der Waals surface area contributed by atoms with Crippen molar-refractivity contribution in [3.8, 4) is 5.69 Å². The molecule has 6 nitrogen and oxygen atoms in total. The highest BCUT2D eigenvalue weighted by Gasteiger charge is 2.32. The summed E-state index contributed by atoms with van der Waals surface area (Å²) in [4.78, 5) is 2.19. The molecule has 1 atom stereocenters. The van der Waals surface area contributed by atoms with Crippen LogP contribution in [-0.4, -0.2) is 48.0 Å². The summed E-state index contributed by atoms with van der Waals surface area (Å²) in [6, 6.07) is 10.00. The van der Waals surface area contributed by atoms with E-state index in [2.05, 4.69) is 14.7 Å². The van der Waals surface area contributed by atoms with Crippen LogP contribution in [0.2, 0.25) is 0 Å². The van der Waals surface area contributed by atoms with Crippen molar-refractivity contribution in [1.82, 2.24) is 19.4 Å². The number of hydrogen-bond acceptors (Lipinski definition) is 4. The Labute approximate surface area is 143 Å². The Bertz CT molecular complexity index is 786. The lowest BCUT2D eigenvalue weighted by Gasteiger charge is -2.15. The Morgan fingerprint density at radius 1 is 1.29 bits per heavy atom. The van der Waals surface area contributed by atoms with Gasteiger partial charge in [0.2, 0.25) is 10.0 Å². The highest BCUT2D eigenvalue weighted by molar-refractivity contribution is 7.90. The topological polar surface area (TPSA) is 67.2 Å². The zero-order chi connectivity index (χ0) is 17.2. The number of rotatable bonds is 6. The second-order valence-corrected chi connectivity index (χ2v) is 8.25. The number of benzene rings is 1. The monoisotopic (exact) mass is 348 g/mol. The lowest BCUT2D eigenvalue weighted by molar-refractivity contribution is 0.330. The summed E-state index contributed by atoms with van der Waals surface area (Å²) >= 11 is 0. The molecule has 1 aliphatic heterocycles. The van der Waals surface area contributed by atoms with Gasteiger partial charge in [-0.2, -0.15) is 5.10 Å². The van der Waals surface area contributed by atoms with Crippen LogP contribution < -0.4 is 4.72 Å². The number of nitrogens with zero attached hydrogens (tertiary/aromatic N) is 3. The Morgan fingerprint density at radius 2 is 2.04 bits per heavy atom. The van der Waals surface area contributed by atoms with Gasteiger partial charge in [-0.15, -0.1) is 0 Å². The Morgan fingerprint density at radius 3 is 2.75 bits per heavy atom. The summed E-state index contributed by atoms with van der Waals surface area (Å²) in [7, 11) is -3.20. The fraction of sp³-hybridized carbons (Fsp3) is 0.471. The third kappa shape index (κ3) is 3.68. The maximum absolute atomic E-state index is 12.1. The SMILES string of the molecule is CCNS(=O)(=O)[C@H]1CCN(Cc2cn(-c3ccccc3)nc2C)C1. The lowest BCUT2D eigenvalue weighted by Crippen LogP contribution is -2.36. The third-order valence-corrected chi connectivity index (χ3v) is 6.38. The van der Waals surface area contributed by atoms with Crippen LogP contribution in [0.3, 0.4) is 0 Å².